The molecule has 2 aromatic heterocycles. The second kappa shape index (κ2) is 12.4. The number of hydrogen-bond acceptors (Lipinski definition) is 6. The van der Waals surface area contributed by atoms with E-state index >= 15 is 0 Å². The van der Waals surface area contributed by atoms with Gasteiger partial charge in [0.15, 0.2) is 5.82 Å². The lowest BCUT2D eigenvalue weighted by molar-refractivity contribution is -0.384. The van der Waals surface area contributed by atoms with E-state index in [1.807, 2.05) is 48.7 Å². The Balaban J connectivity index is 1.30. The first-order chi connectivity index (χ1) is 22.5. The van der Waals surface area contributed by atoms with Crippen LogP contribution >= 0.6 is 0 Å². The van der Waals surface area contributed by atoms with Crippen LogP contribution in [0.25, 0.3) is 28.0 Å². The number of halogens is 3. The number of fused-ring (bicyclic) bond motifs is 1. The Morgan fingerprint density at radius 1 is 0.936 bits per heavy atom. The average molecular weight is 638 g/mol. The van der Waals surface area contributed by atoms with Crippen LogP contribution in [-0.2, 0) is 12.8 Å². The maximum absolute atomic E-state index is 13.6. The van der Waals surface area contributed by atoms with E-state index in [0.29, 0.717) is 16.8 Å². The lowest BCUT2D eigenvalue weighted by atomic mass is 10.1. The Morgan fingerprint density at radius 3 is 2.36 bits per heavy atom. The van der Waals surface area contributed by atoms with Crippen molar-refractivity contribution < 1.29 is 22.8 Å². The van der Waals surface area contributed by atoms with E-state index in [2.05, 4.69) is 10.1 Å². The molecule has 0 unspecified atom stereocenters. The fourth-order valence-electron chi connectivity index (χ4n) is 5.26. The summed E-state index contributed by atoms with van der Waals surface area (Å²) in [6.07, 6.45) is -3.08. The van der Waals surface area contributed by atoms with Gasteiger partial charge in [-0.25, -0.2) is 4.98 Å². The summed E-state index contributed by atoms with van der Waals surface area (Å²) in [5.41, 5.74) is 3.09. The highest BCUT2D eigenvalue weighted by Crippen LogP contribution is 2.32. The SMILES string of the molecule is Cc1cc(C=Nn2c(-c3cccc(C(F)(F)F)c3)nc3ccccc3c2=O)c(C)n1-c1ccc(OCc2ccc([N+](=O)[O-])cc2)cc1. The third-order valence-electron chi connectivity index (χ3n) is 7.63. The van der Waals surface area contributed by atoms with Crippen molar-refractivity contribution in [2.75, 3.05) is 0 Å². The topological polar surface area (TPSA) is 105 Å². The van der Waals surface area contributed by atoms with Gasteiger partial charge >= 0.3 is 6.18 Å². The van der Waals surface area contributed by atoms with Crippen molar-refractivity contribution >= 4 is 22.8 Å². The summed E-state index contributed by atoms with van der Waals surface area (Å²) in [5, 5.41) is 15.6. The molecule has 0 radical (unpaired) electrons. The van der Waals surface area contributed by atoms with Crippen LogP contribution < -0.4 is 10.3 Å². The Labute approximate surface area is 266 Å². The number of hydrogen-bond donors (Lipinski definition) is 0. The molecule has 0 N–H and O–H groups in total. The van der Waals surface area contributed by atoms with E-state index in [9.17, 15) is 28.1 Å². The molecule has 12 heteroatoms. The first kappa shape index (κ1) is 31.0. The quantitative estimate of drug-likeness (QED) is 0.0960. The molecule has 0 fully saturated rings. The van der Waals surface area contributed by atoms with Crippen molar-refractivity contribution in [3.05, 3.63) is 152 Å². The number of aromatic nitrogens is 3. The summed E-state index contributed by atoms with van der Waals surface area (Å²) in [4.78, 5) is 28.5. The number of alkyl halides is 3. The second-order valence-corrected chi connectivity index (χ2v) is 10.8. The molecule has 236 valence electrons. The van der Waals surface area contributed by atoms with Gasteiger partial charge in [0.05, 0.1) is 27.6 Å². The van der Waals surface area contributed by atoms with Crippen LogP contribution in [-0.4, -0.2) is 25.4 Å². The molecule has 9 nitrogen and oxygen atoms in total. The molecular formula is C35H26F3N5O4. The molecule has 47 heavy (non-hydrogen) atoms. The van der Waals surface area contributed by atoms with Crippen LogP contribution in [0.5, 0.6) is 5.75 Å². The predicted octanol–water partition coefficient (Wildman–Crippen LogP) is 7.86. The average Bonchev–Trinajstić information content (AvgIpc) is 3.35. The normalized spacial score (nSPS) is 11.8. The molecule has 0 aliphatic heterocycles. The van der Waals surface area contributed by atoms with Crippen LogP contribution in [0.15, 0.2) is 113 Å². The van der Waals surface area contributed by atoms with Gasteiger partial charge in [0.25, 0.3) is 11.2 Å². The fraction of sp³-hybridized carbons (Fsp3) is 0.114. The third kappa shape index (κ3) is 6.39. The summed E-state index contributed by atoms with van der Waals surface area (Å²) in [6.45, 7) is 4.05. The molecule has 6 aromatic rings. The minimum Gasteiger partial charge on any atom is -0.489 e. The lowest BCUT2D eigenvalue weighted by Gasteiger charge is -2.12. The molecule has 2 heterocycles. The molecule has 0 saturated carbocycles. The van der Waals surface area contributed by atoms with Crippen LogP contribution in [0.4, 0.5) is 18.9 Å². The molecule has 0 atom stereocenters. The van der Waals surface area contributed by atoms with Crippen molar-refractivity contribution in [1.29, 1.82) is 0 Å². The molecule has 0 aliphatic carbocycles. The second-order valence-electron chi connectivity index (χ2n) is 10.8. The van der Waals surface area contributed by atoms with Gasteiger partial charge in [-0.2, -0.15) is 22.9 Å². The summed E-state index contributed by atoms with van der Waals surface area (Å²) < 4.78 is 49.5. The summed E-state index contributed by atoms with van der Waals surface area (Å²) in [6, 6.07) is 26.7. The summed E-state index contributed by atoms with van der Waals surface area (Å²) >= 11 is 0. The molecule has 4 aromatic carbocycles. The Bertz CT molecular complexity index is 2200. The summed E-state index contributed by atoms with van der Waals surface area (Å²) in [7, 11) is 0. The van der Waals surface area contributed by atoms with Crippen LogP contribution in [0, 0.1) is 24.0 Å². The zero-order valence-electron chi connectivity index (χ0n) is 25.1. The van der Waals surface area contributed by atoms with E-state index in [-0.39, 0.29) is 29.1 Å². The van der Waals surface area contributed by atoms with Crippen molar-refractivity contribution in [3.8, 4) is 22.8 Å². The van der Waals surface area contributed by atoms with E-state index < -0.39 is 22.2 Å². The highest BCUT2D eigenvalue weighted by atomic mass is 19.4. The minimum atomic E-state index is -4.57. The van der Waals surface area contributed by atoms with Gasteiger partial charge in [0.2, 0.25) is 0 Å². The van der Waals surface area contributed by atoms with Crippen molar-refractivity contribution in [2.24, 2.45) is 5.10 Å². The molecule has 0 saturated heterocycles. The van der Waals surface area contributed by atoms with Crippen molar-refractivity contribution in [1.82, 2.24) is 14.2 Å². The molecule has 6 rings (SSSR count). The zero-order chi connectivity index (χ0) is 33.3. The molecule has 0 aliphatic rings. The summed E-state index contributed by atoms with van der Waals surface area (Å²) in [5.74, 6) is 0.593. The van der Waals surface area contributed by atoms with Gasteiger partial charge < -0.3 is 9.30 Å². The molecule has 0 bridgehead atoms. The highest BCUT2D eigenvalue weighted by molar-refractivity contribution is 5.83. The van der Waals surface area contributed by atoms with E-state index in [0.717, 1.165) is 39.4 Å². The van der Waals surface area contributed by atoms with E-state index in [1.165, 1.54) is 30.5 Å². The Hall–Kier alpha value is -6.04. The van der Waals surface area contributed by atoms with Gasteiger partial charge in [-0.05, 0) is 86.1 Å². The third-order valence-corrected chi connectivity index (χ3v) is 7.63. The molecule has 0 spiro atoms. The maximum atomic E-state index is 13.6. The van der Waals surface area contributed by atoms with Crippen LogP contribution in [0.1, 0.15) is 28.1 Å². The number of rotatable bonds is 8. The highest BCUT2D eigenvalue weighted by Gasteiger charge is 2.31. The number of benzene rings is 4. The predicted molar refractivity (Wildman–Crippen MR) is 172 cm³/mol. The fourth-order valence-corrected chi connectivity index (χ4v) is 5.26. The lowest BCUT2D eigenvalue weighted by Crippen LogP contribution is -2.20. The number of aryl methyl sites for hydroxylation is 1. The number of nitro groups is 1. The number of nitrogens with zero attached hydrogens (tertiary/aromatic N) is 5. The first-order valence-electron chi connectivity index (χ1n) is 14.4. The van der Waals surface area contributed by atoms with Crippen LogP contribution in [0.2, 0.25) is 0 Å². The minimum absolute atomic E-state index is 0.0112. The van der Waals surface area contributed by atoms with E-state index in [1.54, 1.807) is 36.4 Å². The van der Waals surface area contributed by atoms with Gasteiger partial charge in [-0.3, -0.25) is 14.9 Å². The Morgan fingerprint density at radius 2 is 1.66 bits per heavy atom. The van der Waals surface area contributed by atoms with Gasteiger partial charge in [0, 0.05) is 40.3 Å². The first-order valence-corrected chi connectivity index (χ1v) is 14.4. The van der Waals surface area contributed by atoms with Gasteiger partial charge in [-0.15, -0.1) is 0 Å². The number of nitro benzene ring substituents is 1. The number of para-hydroxylation sites is 1. The maximum Gasteiger partial charge on any atom is 0.416 e. The largest absolute Gasteiger partial charge is 0.489 e. The molecular weight excluding hydrogens is 611 g/mol. The van der Waals surface area contributed by atoms with Crippen molar-refractivity contribution in [2.45, 2.75) is 26.6 Å². The molecule has 0 amide bonds. The number of ether oxygens (including phenoxy) is 1. The zero-order valence-corrected chi connectivity index (χ0v) is 25.1. The van der Waals surface area contributed by atoms with Crippen molar-refractivity contribution in [3.63, 3.8) is 0 Å². The monoisotopic (exact) mass is 637 g/mol. The van der Waals surface area contributed by atoms with Gasteiger partial charge in [0.1, 0.15) is 12.4 Å². The standard InChI is InChI=1S/C35H26F3N5O4/c1-22-18-26(23(2)41(22)28-14-16-30(17-15-28)47-21-24-10-12-29(13-11-24)43(45)46)20-39-42-33(25-6-5-7-27(19-25)35(36,37)38)40-32-9-4-3-8-31(32)34(42)44/h3-20H,21H2,1-2H3. The van der Waals surface area contributed by atoms with Gasteiger partial charge in [-0.1, -0.05) is 24.3 Å². The smallest absolute Gasteiger partial charge is 0.416 e. The van der Waals surface area contributed by atoms with E-state index in [4.69, 9.17) is 4.74 Å². The Kier molecular flexibility index (Phi) is 8.16. The van der Waals surface area contributed by atoms with Crippen LogP contribution in [0.3, 0.4) is 0 Å². The number of non-ortho nitro benzene ring substituents is 1.